The van der Waals surface area contributed by atoms with Crippen molar-refractivity contribution < 1.29 is 23.2 Å². The van der Waals surface area contributed by atoms with Crippen molar-refractivity contribution in [3.8, 4) is 0 Å². The molecule has 1 aromatic carbocycles. The molecule has 4 rings (SSSR count). The first-order valence-electron chi connectivity index (χ1n) is 9.42. The standard InChI is InChI=1S/C21H20FN3O4/c1-11-18-16(9-17(14-5-6-14)24-20(18)29-25-11)21(27)28-12(2)19(26)23-10-13-3-7-15(22)8-4-13/h3-4,7-9,12,14H,5-6,10H2,1-2H3,(H,23,26)/t12-/m0/s1. The van der Waals surface area contributed by atoms with Crippen LogP contribution in [0.3, 0.4) is 0 Å². The van der Waals surface area contributed by atoms with E-state index >= 15 is 0 Å². The Bertz CT molecular complexity index is 1070. The number of hydrogen-bond donors (Lipinski definition) is 1. The van der Waals surface area contributed by atoms with E-state index in [4.69, 9.17) is 9.26 Å². The fraction of sp³-hybridized carbons (Fsp3) is 0.333. The lowest BCUT2D eigenvalue weighted by Gasteiger charge is -2.14. The van der Waals surface area contributed by atoms with Crippen LogP contribution in [0.15, 0.2) is 34.9 Å². The second kappa shape index (κ2) is 7.62. The number of amides is 1. The van der Waals surface area contributed by atoms with Gasteiger partial charge in [-0.05, 0) is 50.5 Å². The minimum absolute atomic E-state index is 0.205. The van der Waals surface area contributed by atoms with E-state index in [-0.39, 0.29) is 12.4 Å². The van der Waals surface area contributed by atoms with Gasteiger partial charge in [0.15, 0.2) is 6.10 Å². The second-order valence-corrected chi connectivity index (χ2v) is 7.21. The summed E-state index contributed by atoms with van der Waals surface area (Å²) in [5, 5.41) is 7.07. The number of aromatic nitrogens is 2. The van der Waals surface area contributed by atoms with Crippen LogP contribution >= 0.6 is 0 Å². The zero-order valence-corrected chi connectivity index (χ0v) is 16.1. The summed E-state index contributed by atoms with van der Waals surface area (Å²) in [6.07, 6.45) is 1.03. The van der Waals surface area contributed by atoms with Crippen LogP contribution in [0.25, 0.3) is 11.1 Å². The molecular formula is C21H20FN3O4. The number of fused-ring (bicyclic) bond motifs is 1. The van der Waals surface area contributed by atoms with E-state index in [2.05, 4.69) is 15.5 Å². The molecule has 7 nitrogen and oxygen atoms in total. The van der Waals surface area contributed by atoms with Gasteiger partial charge in [-0.1, -0.05) is 17.3 Å². The molecule has 1 N–H and O–H groups in total. The van der Waals surface area contributed by atoms with E-state index in [1.54, 1.807) is 25.1 Å². The molecule has 0 unspecified atom stereocenters. The van der Waals surface area contributed by atoms with Gasteiger partial charge in [0, 0.05) is 18.2 Å². The predicted molar refractivity (Wildman–Crippen MR) is 102 cm³/mol. The van der Waals surface area contributed by atoms with Crippen molar-refractivity contribution in [2.45, 2.75) is 45.3 Å². The maximum Gasteiger partial charge on any atom is 0.339 e. The summed E-state index contributed by atoms with van der Waals surface area (Å²) in [5.74, 6) is -1.11. The number of hydrogen-bond acceptors (Lipinski definition) is 6. The SMILES string of the molecule is Cc1noc2nc(C3CC3)cc(C(=O)O[C@@H](C)C(=O)NCc3ccc(F)cc3)c12. The molecule has 2 aromatic heterocycles. The highest BCUT2D eigenvalue weighted by atomic mass is 19.1. The molecule has 1 saturated carbocycles. The molecule has 1 aliphatic carbocycles. The molecule has 1 fully saturated rings. The minimum Gasteiger partial charge on any atom is -0.449 e. The molecule has 1 amide bonds. The quantitative estimate of drug-likeness (QED) is 0.641. The van der Waals surface area contributed by atoms with E-state index < -0.39 is 18.0 Å². The number of esters is 1. The van der Waals surface area contributed by atoms with E-state index in [0.29, 0.717) is 28.3 Å². The first-order valence-corrected chi connectivity index (χ1v) is 9.42. The highest BCUT2D eigenvalue weighted by Gasteiger charge is 2.30. The number of benzene rings is 1. The van der Waals surface area contributed by atoms with Crippen molar-refractivity contribution in [2.24, 2.45) is 0 Å². The monoisotopic (exact) mass is 397 g/mol. The van der Waals surface area contributed by atoms with Gasteiger partial charge in [0.25, 0.3) is 11.6 Å². The van der Waals surface area contributed by atoms with Crippen LogP contribution in [0.2, 0.25) is 0 Å². The fourth-order valence-corrected chi connectivity index (χ4v) is 3.08. The Morgan fingerprint density at radius 1 is 1.31 bits per heavy atom. The van der Waals surface area contributed by atoms with Gasteiger partial charge in [0.05, 0.1) is 16.6 Å². The highest BCUT2D eigenvalue weighted by molar-refractivity contribution is 6.04. The van der Waals surface area contributed by atoms with Crippen LogP contribution in [-0.4, -0.2) is 28.1 Å². The first-order chi connectivity index (χ1) is 13.9. The number of pyridine rings is 1. The van der Waals surface area contributed by atoms with E-state index in [0.717, 1.165) is 24.1 Å². The molecule has 3 aromatic rings. The Morgan fingerprint density at radius 2 is 2.03 bits per heavy atom. The van der Waals surface area contributed by atoms with Gasteiger partial charge in [-0.15, -0.1) is 0 Å². The lowest BCUT2D eigenvalue weighted by molar-refractivity contribution is -0.129. The molecule has 150 valence electrons. The third kappa shape index (κ3) is 4.11. The van der Waals surface area contributed by atoms with Crippen molar-refractivity contribution in [1.29, 1.82) is 0 Å². The van der Waals surface area contributed by atoms with Crippen LogP contribution < -0.4 is 5.32 Å². The molecule has 0 radical (unpaired) electrons. The maximum absolute atomic E-state index is 13.0. The van der Waals surface area contributed by atoms with Gasteiger partial charge in [0.2, 0.25) is 0 Å². The molecular weight excluding hydrogens is 377 g/mol. The van der Waals surface area contributed by atoms with Crippen LogP contribution in [0.4, 0.5) is 4.39 Å². The minimum atomic E-state index is -1.00. The summed E-state index contributed by atoms with van der Waals surface area (Å²) in [5.41, 5.74) is 2.65. The van der Waals surface area contributed by atoms with Crippen molar-refractivity contribution in [1.82, 2.24) is 15.5 Å². The van der Waals surface area contributed by atoms with Crippen molar-refractivity contribution in [3.63, 3.8) is 0 Å². The Labute approximate surface area is 166 Å². The molecule has 8 heteroatoms. The Kier molecular flexibility index (Phi) is 5.00. The Hall–Kier alpha value is -3.29. The van der Waals surface area contributed by atoms with E-state index in [1.807, 2.05) is 0 Å². The Balaban J connectivity index is 1.46. The van der Waals surface area contributed by atoms with Crippen LogP contribution in [0.1, 0.15) is 53.0 Å². The number of aryl methyl sites for hydroxylation is 1. The molecule has 29 heavy (non-hydrogen) atoms. The van der Waals surface area contributed by atoms with E-state index in [9.17, 15) is 14.0 Å². The number of rotatable bonds is 6. The molecule has 0 saturated heterocycles. The second-order valence-electron chi connectivity index (χ2n) is 7.21. The summed E-state index contributed by atoms with van der Waals surface area (Å²) in [6.45, 7) is 3.43. The number of halogens is 1. The summed E-state index contributed by atoms with van der Waals surface area (Å²) in [7, 11) is 0. The largest absolute Gasteiger partial charge is 0.449 e. The number of ether oxygens (including phenoxy) is 1. The zero-order chi connectivity index (χ0) is 20.5. The number of nitrogens with one attached hydrogen (secondary N) is 1. The van der Waals surface area contributed by atoms with Gasteiger partial charge >= 0.3 is 5.97 Å². The average Bonchev–Trinajstić information content (AvgIpc) is 3.50. The molecule has 0 aliphatic heterocycles. The summed E-state index contributed by atoms with van der Waals surface area (Å²) < 4.78 is 23.6. The van der Waals surface area contributed by atoms with Crippen molar-refractivity contribution in [2.75, 3.05) is 0 Å². The summed E-state index contributed by atoms with van der Waals surface area (Å²) >= 11 is 0. The zero-order valence-electron chi connectivity index (χ0n) is 16.1. The smallest absolute Gasteiger partial charge is 0.339 e. The fourth-order valence-electron chi connectivity index (χ4n) is 3.08. The molecule has 2 heterocycles. The number of carbonyl (C=O) groups excluding carboxylic acids is 2. The van der Waals surface area contributed by atoms with Crippen molar-refractivity contribution in [3.05, 3.63) is 58.7 Å². The maximum atomic E-state index is 13.0. The van der Waals surface area contributed by atoms with Gasteiger partial charge in [-0.3, -0.25) is 4.79 Å². The lowest BCUT2D eigenvalue weighted by atomic mass is 10.1. The van der Waals surface area contributed by atoms with Crippen LogP contribution in [-0.2, 0) is 16.1 Å². The average molecular weight is 397 g/mol. The van der Waals surface area contributed by atoms with E-state index in [1.165, 1.54) is 19.1 Å². The first kappa shape index (κ1) is 19.0. The number of carbonyl (C=O) groups is 2. The highest BCUT2D eigenvalue weighted by Crippen LogP contribution is 2.40. The topological polar surface area (TPSA) is 94.3 Å². The molecule has 1 aliphatic rings. The van der Waals surface area contributed by atoms with Crippen molar-refractivity contribution >= 4 is 23.0 Å². The van der Waals surface area contributed by atoms with Gasteiger partial charge in [0.1, 0.15) is 5.82 Å². The van der Waals surface area contributed by atoms with Crippen LogP contribution in [0, 0.1) is 12.7 Å². The normalized spacial score (nSPS) is 14.6. The predicted octanol–water partition coefficient (Wildman–Crippen LogP) is 3.41. The molecule has 0 spiro atoms. The molecule has 1 atom stereocenters. The van der Waals surface area contributed by atoms with Gasteiger partial charge < -0.3 is 14.6 Å². The third-order valence-corrected chi connectivity index (χ3v) is 4.89. The van der Waals surface area contributed by atoms with Gasteiger partial charge in [-0.25, -0.2) is 14.2 Å². The summed E-state index contributed by atoms with van der Waals surface area (Å²) in [4.78, 5) is 29.5. The lowest BCUT2D eigenvalue weighted by Crippen LogP contribution is -2.35. The van der Waals surface area contributed by atoms with Crippen LogP contribution in [0.5, 0.6) is 0 Å². The Morgan fingerprint density at radius 3 is 2.72 bits per heavy atom. The molecule has 0 bridgehead atoms. The van der Waals surface area contributed by atoms with Gasteiger partial charge in [-0.2, -0.15) is 0 Å². The summed E-state index contributed by atoms with van der Waals surface area (Å²) in [6, 6.07) is 7.49. The number of nitrogens with zero attached hydrogens (tertiary/aromatic N) is 2. The third-order valence-electron chi connectivity index (χ3n) is 4.89.